The van der Waals surface area contributed by atoms with Crippen LogP contribution >= 0.6 is 0 Å². The third kappa shape index (κ3) is 4.71. The highest BCUT2D eigenvalue weighted by molar-refractivity contribution is 5.91. The van der Waals surface area contributed by atoms with Crippen LogP contribution in [-0.4, -0.2) is 37.4 Å². The van der Waals surface area contributed by atoms with E-state index >= 15 is 0 Å². The third-order valence-electron chi connectivity index (χ3n) is 2.17. The van der Waals surface area contributed by atoms with Crippen molar-refractivity contribution >= 4 is 11.7 Å². The van der Waals surface area contributed by atoms with E-state index in [1.165, 1.54) is 12.1 Å². The zero-order valence-electron chi connectivity index (χ0n) is 9.39. The highest BCUT2D eigenvalue weighted by Crippen LogP contribution is 2.16. The van der Waals surface area contributed by atoms with Crippen LogP contribution in [0.3, 0.4) is 0 Å². The minimum absolute atomic E-state index is 0.251. The number of carboxylic acids is 1. The highest BCUT2D eigenvalue weighted by Gasteiger charge is 2.01. The number of hydrogen-bond acceptors (Lipinski definition) is 4. The van der Waals surface area contributed by atoms with Gasteiger partial charge in [0.25, 0.3) is 0 Å². The summed E-state index contributed by atoms with van der Waals surface area (Å²) in [7, 11) is 0. The molecular weight excluding hydrogens is 224 g/mol. The number of carboxylic acid groups (broad SMARTS) is 1. The van der Waals surface area contributed by atoms with Gasteiger partial charge in [-0.25, -0.2) is 4.79 Å². The van der Waals surface area contributed by atoms with E-state index in [1.54, 1.807) is 0 Å². The number of rotatable bonds is 1. The number of ether oxygens (including phenoxy) is 1. The fraction of sp³-hybridized carbons (Fsp3) is 0.364. The number of aromatic carboxylic acids is 1. The first-order chi connectivity index (χ1) is 8.11. The SMILES string of the molecule is C1COCC[NH2+]1.Nc1ccc(C(=O)O)c([O-])c1. The first kappa shape index (κ1) is 13.3. The minimum atomic E-state index is -1.23. The molecule has 1 aromatic rings. The van der Waals surface area contributed by atoms with Crippen molar-refractivity contribution in [2.45, 2.75) is 0 Å². The van der Waals surface area contributed by atoms with E-state index in [0.717, 1.165) is 32.4 Å². The van der Waals surface area contributed by atoms with E-state index in [9.17, 15) is 9.90 Å². The molecule has 0 amide bonds. The molecule has 1 aliphatic heterocycles. The normalized spacial score (nSPS) is 14.6. The average Bonchev–Trinajstić information content (AvgIpc) is 2.31. The third-order valence-corrected chi connectivity index (χ3v) is 2.17. The number of carbonyl (C=O) groups is 1. The lowest BCUT2D eigenvalue weighted by molar-refractivity contribution is -0.670. The van der Waals surface area contributed by atoms with Crippen LogP contribution in [0.4, 0.5) is 5.69 Å². The predicted octanol–water partition coefficient (Wildman–Crippen LogP) is -1.38. The summed E-state index contributed by atoms with van der Waals surface area (Å²) in [6, 6.07) is 3.66. The van der Waals surface area contributed by atoms with Gasteiger partial charge in [-0.1, -0.05) is 5.75 Å². The van der Waals surface area contributed by atoms with Crippen LogP contribution in [0.1, 0.15) is 10.4 Å². The average molecular weight is 240 g/mol. The monoisotopic (exact) mass is 240 g/mol. The molecule has 6 nitrogen and oxygen atoms in total. The Morgan fingerprint density at radius 1 is 1.41 bits per heavy atom. The lowest BCUT2D eigenvalue weighted by Gasteiger charge is -2.09. The number of morpholine rings is 1. The topological polar surface area (TPSA) is 112 Å². The molecule has 1 saturated heterocycles. The fourth-order valence-corrected chi connectivity index (χ4v) is 1.30. The molecule has 1 fully saturated rings. The van der Waals surface area contributed by atoms with E-state index in [0.29, 0.717) is 0 Å². The van der Waals surface area contributed by atoms with Gasteiger partial charge in [0.05, 0.1) is 31.9 Å². The molecule has 0 unspecified atom stereocenters. The van der Waals surface area contributed by atoms with Crippen LogP contribution in [0, 0.1) is 0 Å². The van der Waals surface area contributed by atoms with Crippen molar-refractivity contribution in [3.8, 4) is 5.75 Å². The Balaban J connectivity index is 0.000000202. The van der Waals surface area contributed by atoms with E-state index in [1.807, 2.05) is 0 Å². The van der Waals surface area contributed by atoms with Crippen molar-refractivity contribution in [2.24, 2.45) is 0 Å². The highest BCUT2D eigenvalue weighted by atomic mass is 16.5. The largest absolute Gasteiger partial charge is 0.872 e. The van der Waals surface area contributed by atoms with Crippen molar-refractivity contribution in [2.75, 3.05) is 32.0 Å². The van der Waals surface area contributed by atoms with Gasteiger partial charge in [0, 0.05) is 5.69 Å². The second-order valence-electron chi connectivity index (χ2n) is 3.54. The summed E-state index contributed by atoms with van der Waals surface area (Å²) in [4.78, 5) is 10.3. The zero-order chi connectivity index (χ0) is 12.7. The van der Waals surface area contributed by atoms with Crippen molar-refractivity contribution in [3.05, 3.63) is 23.8 Å². The van der Waals surface area contributed by atoms with Crippen molar-refractivity contribution in [1.29, 1.82) is 0 Å². The van der Waals surface area contributed by atoms with Gasteiger partial charge in [0.15, 0.2) is 0 Å². The van der Waals surface area contributed by atoms with Gasteiger partial charge < -0.3 is 26.0 Å². The van der Waals surface area contributed by atoms with Gasteiger partial charge in [0.2, 0.25) is 0 Å². The molecule has 0 aliphatic carbocycles. The zero-order valence-corrected chi connectivity index (χ0v) is 9.39. The Morgan fingerprint density at radius 2 is 2.06 bits per heavy atom. The van der Waals surface area contributed by atoms with Gasteiger partial charge >= 0.3 is 5.97 Å². The van der Waals surface area contributed by atoms with Crippen molar-refractivity contribution in [3.63, 3.8) is 0 Å². The molecule has 0 bridgehead atoms. The van der Waals surface area contributed by atoms with Gasteiger partial charge in [-0.05, 0) is 18.2 Å². The van der Waals surface area contributed by atoms with Crippen molar-refractivity contribution in [1.82, 2.24) is 0 Å². The molecule has 0 atom stereocenters. The summed E-state index contributed by atoms with van der Waals surface area (Å²) in [5.41, 5.74) is 5.26. The molecule has 6 heteroatoms. The molecule has 0 spiro atoms. The summed E-state index contributed by atoms with van der Waals surface area (Å²) in [6.07, 6.45) is 0. The second kappa shape index (κ2) is 6.72. The molecule has 1 heterocycles. The fourth-order valence-electron chi connectivity index (χ4n) is 1.30. The Morgan fingerprint density at radius 3 is 2.41 bits per heavy atom. The molecule has 1 aliphatic rings. The number of nitrogen functional groups attached to an aromatic ring is 1. The molecule has 17 heavy (non-hydrogen) atoms. The second-order valence-corrected chi connectivity index (χ2v) is 3.54. The molecule has 0 aromatic heterocycles. The van der Waals surface area contributed by atoms with Gasteiger partial charge in [-0.3, -0.25) is 0 Å². The number of quaternary nitrogens is 1. The number of nitrogens with two attached hydrogens (primary N) is 2. The summed E-state index contributed by atoms with van der Waals surface area (Å²) < 4.78 is 5.04. The predicted molar refractivity (Wildman–Crippen MR) is 59.7 cm³/mol. The van der Waals surface area contributed by atoms with E-state index in [2.05, 4.69) is 5.32 Å². The lowest BCUT2D eigenvalue weighted by Crippen LogP contribution is -2.87. The molecule has 0 radical (unpaired) electrons. The standard InChI is InChI=1S/C7H7NO3.C4H9NO/c8-4-1-2-5(7(10)11)6(9)3-4;1-3-6-4-2-5-1/h1-3,9H,8H2,(H,10,11);5H,1-4H2. The Hall–Kier alpha value is -1.79. The van der Waals surface area contributed by atoms with E-state index < -0.39 is 11.7 Å². The number of anilines is 1. The minimum Gasteiger partial charge on any atom is -0.872 e. The van der Waals surface area contributed by atoms with Crippen LogP contribution in [0.15, 0.2) is 18.2 Å². The Bertz CT molecular complexity index is 366. The summed E-state index contributed by atoms with van der Waals surface area (Å²) >= 11 is 0. The van der Waals surface area contributed by atoms with Crippen LogP contribution in [0.2, 0.25) is 0 Å². The van der Waals surface area contributed by atoms with E-state index in [-0.39, 0.29) is 11.3 Å². The molecule has 0 saturated carbocycles. The maximum absolute atomic E-state index is 10.8. The first-order valence-electron chi connectivity index (χ1n) is 5.30. The Kier molecular flexibility index (Phi) is 5.25. The number of hydrogen-bond donors (Lipinski definition) is 3. The number of benzene rings is 1. The quantitative estimate of drug-likeness (QED) is 0.524. The van der Waals surface area contributed by atoms with Gasteiger partial charge in [0.1, 0.15) is 0 Å². The smallest absolute Gasteiger partial charge is 0.335 e. The summed E-state index contributed by atoms with van der Waals surface area (Å²) in [5.74, 6) is -1.78. The van der Waals surface area contributed by atoms with Crippen LogP contribution in [0.25, 0.3) is 0 Å². The summed E-state index contributed by atoms with van der Waals surface area (Å²) in [6.45, 7) is 4.19. The van der Waals surface area contributed by atoms with Crippen molar-refractivity contribution < 1.29 is 25.1 Å². The molecular formula is C11H16N2O4. The maximum atomic E-state index is 10.8. The van der Waals surface area contributed by atoms with Gasteiger partial charge in [-0.15, -0.1) is 0 Å². The Labute approximate surface area is 99.0 Å². The summed E-state index contributed by atoms with van der Waals surface area (Å²) in [5, 5.41) is 21.5. The molecule has 1 aromatic carbocycles. The maximum Gasteiger partial charge on any atom is 0.335 e. The van der Waals surface area contributed by atoms with Gasteiger partial charge in [-0.2, -0.15) is 0 Å². The van der Waals surface area contributed by atoms with E-state index in [4.69, 9.17) is 15.6 Å². The first-order valence-corrected chi connectivity index (χ1v) is 5.30. The van der Waals surface area contributed by atoms with Crippen LogP contribution in [0.5, 0.6) is 5.75 Å². The molecule has 5 N–H and O–H groups in total. The van der Waals surface area contributed by atoms with Crippen LogP contribution in [-0.2, 0) is 4.74 Å². The van der Waals surface area contributed by atoms with Crippen LogP contribution < -0.4 is 16.2 Å². The molecule has 2 rings (SSSR count). The molecule has 94 valence electrons. The lowest BCUT2D eigenvalue weighted by atomic mass is 10.2.